The molecular weight excluding hydrogens is 232 g/mol. The number of nitrogens with one attached hydrogen (secondary N) is 2. The summed E-state index contributed by atoms with van der Waals surface area (Å²) in [4.78, 5) is 0. The van der Waals surface area contributed by atoms with Gasteiger partial charge in [-0.05, 0) is 23.4 Å². The maximum absolute atomic E-state index is 3.69. The molecule has 4 rings (SSSR count). The Kier molecular flexibility index (Phi) is 2.34. The van der Waals surface area contributed by atoms with Gasteiger partial charge in [0.2, 0.25) is 0 Å². The van der Waals surface area contributed by atoms with Gasteiger partial charge in [-0.25, -0.2) is 0 Å². The highest BCUT2D eigenvalue weighted by Crippen LogP contribution is 2.45. The Morgan fingerprint density at radius 1 is 0.789 bits per heavy atom. The van der Waals surface area contributed by atoms with Gasteiger partial charge in [0.05, 0.1) is 12.1 Å². The van der Waals surface area contributed by atoms with Crippen LogP contribution in [0.3, 0.4) is 0 Å². The minimum atomic E-state index is 0.340. The van der Waals surface area contributed by atoms with Gasteiger partial charge in [0.1, 0.15) is 0 Å². The van der Waals surface area contributed by atoms with Crippen LogP contribution in [-0.2, 0) is 0 Å². The predicted molar refractivity (Wildman–Crippen MR) is 77.8 cm³/mol. The summed E-state index contributed by atoms with van der Waals surface area (Å²) in [5.41, 5.74) is 3.96. The van der Waals surface area contributed by atoms with E-state index in [1.54, 1.807) is 0 Å². The van der Waals surface area contributed by atoms with E-state index < -0.39 is 0 Å². The first-order valence-electron chi connectivity index (χ1n) is 6.76. The summed E-state index contributed by atoms with van der Waals surface area (Å²) in [6.07, 6.45) is 4.38. The molecule has 19 heavy (non-hydrogen) atoms. The SMILES string of the molecule is C1=C[C@@H]2[C@@H](c3ccccc3)Nc3ccccc3[C@@H]2N1. The molecule has 2 N–H and O–H groups in total. The smallest absolute Gasteiger partial charge is 0.0614 e. The van der Waals surface area contributed by atoms with Gasteiger partial charge in [-0.1, -0.05) is 54.6 Å². The minimum absolute atomic E-state index is 0.340. The van der Waals surface area contributed by atoms with Crippen LogP contribution in [0.25, 0.3) is 0 Å². The Balaban J connectivity index is 1.81. The van der Waals surface area contributed by atoms with Crippen molar-refractivity contribution in [3.05, 3.63) is 78.0 Å². The number of fused-ring (bicyclic) bond motifs is 3. The van der Waals surface area contributed by atoms with Crippen LogP contribution in [0.4, 0.5) is 5.69 Å². The first-order chi connectivity index (χ1) is 9.43. The predicted octanol–water partition coefficient (Wildman–Crippen LogP) is 3.63. The third-order valence-corrected chi connectivity index (χ3v) is 4.13. The molecule has 0 saturated carbocycles. The molecule has 0 radical (unpaired) electrons. The molecule has 0 aromatic heterocycles. The van der Waals surface area contributed by atoms with Crippen molar-refractivity contribution in [2.24, 2.45) is 5.92 Å². The van der Waals surface area contributed by atoms with Gasteiger partial charge < -0.3 is 10.6 Å². The second-order valence-electron chi connectivity index (χ2n) is 5.20. The summed E-state index contributed by atoms with van der Waals surface area (Å²) < 4.78 is 0. The summed E-state index contributed by atoms with van der Waals surface area (Å²) in [5.74, 6) is 0.470. The Morgan fingerprint density at radius 3 is 2.47 bits per heavy atom. The Hall–Kier alpha value is -2.22. The normalized spacial score (nSPS) is 27.1. The number of hydrogen-bond donors (Lipinski definition) is 2. The quantitative estimate of drug-likeness (QED) is 0.805. The van der Waals surface area contributed by atoms with Crippen molar-refractivity contribution < 1.29 is 0 Å². The maximum atomic E-state index is 3.69. The summed E-state index contributed by atoms with van der Waals surface area (Å²) in [6, 6.07) is 20.0. The van der Waals surface area contributed by atoms with Gasteiger partial charge in [-0.15, -0.1) is 0 Å². The minimum Gasteiger partial charge on any atom is -0.384 e. The average Bonchev–Trinajstić information content (AvgIpc) is 2.97. The second kappa shape index (κ2) is 4.16. The summed E-state index contributed by atoms with van der Waals surface area (Å²) in [6.45, 7) is 0. The van der Waals surface area contributed by atoms with E-state index in [0.717, 1.165) is 0 Å². The second-order valence-corrected chi connectivity index (χ2v) is 5.20. The van der Waals surface area contributed by atoms with Gasteiger partial charge in [0.15, 0.2) is 0 Å². The Bertz CT molecular complexity index is 618. The highest BCUT2D eigenvalue weighted by molar-refractivity contribution is 5.58. The van der Waals surface area contributed by atoms with Crippen molar-refractivity contribution in [2.45, 2.75) is 12.1 Å². The van der Waals surface area contributed by atoms with Crippen LogP contribution in [0, 0.1) is 5.92 Å². The van der Waals surface area contributed by atoms with Crippen molar-refractivity contribution in [1.82, 2.24) is 5.32 Å². The monoisotopic (exact) mass is 248 g/mol. The fraction of sp³-hybridized carbons (Fsp3) is 0.176. The van der Waals surface area contributed by atoms with Gasteiger partial charge in [0, 0.05) is 11.6 Å². The van der Waals surface area contributed by atoms with E-state index in [2.05, 4.69) is 77.5 Å². The van der Waals surface area contributed by atoms with Crippen LogP contribution in [-0.4, -0.2) is 0 Å². The number of rotatable bonds is 1. The van der Waals surface area contributed by atoms with Crippen LogP contribution >= 0.6 is 0 Å². The third kappa shape index (κ3) is 1.64. The van der Waals surface area contributed by atoms with Gasteiger partial charge in [0.25, 0.3) is 0 Å². The summed E-state index contributed by atoms with van der Waals surface area (Å²) in [7, 11) is 0. The largest absolute Gasteiger partial charge is 0.384 e. The average molecular weight is 248 g/mol. The third-order valence-electron chi connectivity index (χ3n) is 4.13. The van der Waals surface area contributed by atoms with E-state index in [9.17, 15) is 0 Å². The van der Waals surface area contributed by atoms with E-state index in [4.69, 9.17) is 0 Å². The number of hydrogen-bond acceptors (Lipinski definition) is 2. The molecular formula is C17H16N2. The molecule has 2 heterocycles. The van der Waals surface area contributed by atoms with Gasteiger partial charge in [-0.2, -0.15) is 0 Å². The molecule has 2 heteroatoms. The molecule has 0 bridgehead atoms. The molecule has 2 aromatic carbocycles. The van der Waals surface area contributed by atoms with E-state index >= 15 is 0 Å². The number of para-hydroxylation sites is 1. The lowest BCUT2D eigenvalue weighted by Crippen LogP contribution is -2.32. The van der Waals surface area contributed by atoms with Crippen molar-refractivity contribution in [1.29, 1.82) is 0 Å². The first-order valence-corrected chi connectivity index (χ1v) is 6.76. The molecule has 0 aliphatic carbocycles. The van der Waals surface area contributed by atoms with E-state index in [1.165, 1.54) is 16.8 Å². The van der Waals surface area contributed by atoms with Crippen LogP contribution in [0.15, 0.2) is 66.9 Å². The molecule has 0 fully saturated rings. The van der Waals surface area contributed by atoms with E-state index in [-0.39, 0.29) is 0 Å². The zero-order valence-corrected chi connectivity index (χ0v) is 10.6. The van der Waals surface area contributed by atoms with E-state index in [1.807, 2.05) is 0 Å². The highest BCUT2D eigenvalue weighted by Gasteiger charge is 2.37. The van der Waals surface area contributed by atoms with Crippen LogP contribution in [0.5, 0.6) is 0 Å². The number of benzene rings is 2. The fourth-order valence-corrected chi connectivity index (χ4v) is 3.22. The zero-order valence-electron chi connectivity index (χ0n) is 10.6. The van der Waals surface area contributed by atoms with E-state index in [0.29, 0.717) is 18.0 Å². The summed E-state index contributed by atoms with van der Waals surface area (Å²) in [5, 5.41) is 7.19. The van der Waals surface area contributed by atoms with Crippen LogP contribution in [0.1, 0.15) is 23.2 Å². The Labute approximate surface area is 113 Å². The zero-order chi connectivity index (χ0) is 12.7. The molecule has 3 atom stereocenters. The lowest BCUT2D eigenvalue weighted by molar-refractivity contribution is 0.430. The molecule has 2 aliphatic heterocycles. The topological polar surface area (TPSA) is 24.1 Å². The lowest BCUT2D eigenvalue weighted by atomic mass is 9.81. The Morgan fingerprint density at radius 2 is 1.58 bits per heavy atom. The summed E-state index contributed by atoms with van der Waals surface area (Å²) >= 11 is 0. The van der Waals surface area contributed by atoms with Crippen molar-refractivity contribution >= 4 is 5.69 Å². The lowest BCUT2D eigenvalue weighted by Gasteiger charge is -2.37. The molecule has 0 unspecified atom stereocenters. The molecule has 94 valence electrons. The van der Waals surface area contributed by atoms with Crippen LogP contribution < -0.4 is 10.6 Å². The molecule has 0 spiro atoms. The van der Waals surface area contributed by atoms with Crippen molar-refractivity contribution in [2.75, 3.05) is 5.32 Å². The van der Waals surface area contributed by atoms with Crippen molar-refractivity contribution in [3.8, 4) is 0 Å². The molecule has 2 aliphatic rings. The van der Waals surface area contributed by atoms with Crippen molar-refractivity contribution in [3.63, 3.8) is 0 Å². The first kappa shape index (κ1) is 10.7. The maximum Gasteiger partial charge on any atom is 0.0614 e. The fourth-order valence-electron chi connectivity index (χ4n) is 3.22. The highest BCUT2D eigenvalue weighted by atomic mass is 15.0. The van der Waals surface area contributed by atoms with Gasteiger partial charge >= 0.3 is 0 Å². The molecule has 0 saturated heterocycles. The molecule has 2 nitrogen and oxygen atoms in total. The number of anilines is 1. The van der Waals surface area contributed by atoms with Gasteiger partial charge in [-0.3, -0.25) is 0 Å². The molecule has 2 aromatic rings. The standard InChI is InChI=1S/C17H16N2/c1-2-6-12(7-3-1)16-14-10-11-18-17(14)13-8-4-5-9-15(13)19-16/h1-11,14,16-19H/t14-,16-,17+/m1/s1. The van der Waals surface area contributed by atoms with Crippen LogP contribution in [0.2, 0.25) is 0 Å². The molecule has 0 amide bonds.